The Hall–Kier alpha value is -1.89. The van der Waals surface area contributed by atoms with Crippen molar-refractivity contribution in [3.05, 3.63) is 70.5 Å². The normalized spacial score (nSPS) is 22.2. The molecule has 27 heavy (non-hydrogen) atoms. The Labute approximate surface area is 163 Å². The molecule has 0 amide bonds. The molecule has 0 spiro atoms. The smallest absolute Gasteiger partial charge is 0.123 e. The highest BCUT2D eigenvalue weighted by atomic mass is 19.1. The number of unbranched alkanes of at least 4 members (excludes halogenated alkanes) is 1. The van der Waals surface area contributed by atoms with Gasteiger partial charge in [0.1, 0.15) is 5.82 Å². The summed E-state index contributed by atoms with van der Waals surface area (Å²) in [7, 11) is 0. The second-order valence-corrected chi connectivity index (χ2v) is 8.49. The number of halogens is 1. The van der Waals surface area contributed by atoms with Crippen molar-refractivity contribution in [3.63, 3.8) is 0 Å². The summed E-state index contributed by atoms with van der Waals surface area (Å²) in [6.07, 6.45) is 13.9. The molecule has 0 saturated heterocycles. The second-order valence-electron chi connectivity index (χ2n) is 8.49. The van der Waals surface area contributed by atoms with Gasteiger partial charge in [-0.2, -0.15) is 0 Å². The lowest BCUT2D eigenvalue weighted by Crippen LogP contribution is -2.13. The Morgan fingerprint density at radius 3 is 2.44 bits per heavy atom. The number of fused-ring (bicyclic) bond motifs is 1. The van der Waals surface area contributed by atoms with Crippen molar-refractivity contribution in [1.29, 1.82) is 0 Å². The summed E-state index contributed by atoms with van der Waals surface area (Å²) in [6, 6.07) is 14.4. The summed E-state index contributed by atoms with van der Waals surface area (Å²) in [5.41, 5.74) is 6.45. The molecule has 142 valence electrons. The minimum absolute atomic E-state index is 0.142. The van der Waals surface area contributed by atoms with E-state index in [0.29, 0.717) is 0 Å². The standard InChI is InChI=1S/C26H31F/c1-2-3-4-19-5-7-20(8-6-19)21-9-11-22(12-10-21)24-14-13-23-15-16-26(27)18-25(23)17-24/h9-12,15-20H,2-8,13-14H2,1H3. The van der Waals surface area contributed by atoms with E-state index in [9.17, 15) is 4.39 Å². The minimum atomic E-state index is -0.142. The molecule has 0 heterocycles. The Kier molecular flexibility index (Phi) is 5.76. The molecule has 0 radical (unpaired) electrons. The third-order valence-corrected chi connectivity index (χ3v) is 6.67. The van der Waals surface area contributed by atoms with E-state index >= 15 is 0 Å². The maximum Gasteiger partial charge on any atom is 0.123 e. The number of benzene rings is 2. The summed E-state index contributed by atoms with van der Waals surface area (Å²) in [6.45, 7) is 2.30. The first-order chi connectivity index (χ1) is 13.2. The molecule has 4 rings (SSSR count). The monoisotopic (exact) mass is 362 g/mol. The molecule has 2 aromatic rings. The van der Waals surface area contributed by atoms with E-state index in [1.165, 1.54) is 67.2 Å². The number of aryl methyl sites for hydroxylation is 1. The molecule has 2 aromatic carbocycles. The van der Waals surface area contributed by atoms with Crippen LogP contribution in [0, 0.1) is 11.7 Å². The van der Waals surface area contributed by atoms with Gasteiger partial charge in [0.2, 0.25) is 0 Å². The molecule has 1 saturated carbocycles. The summed E-state index contributed by atoms with van der Waals surface area (Å²) in [5, 5.41) is 0. The molecule has 0 bridgehead atoms. The largest absolute Gasteiger partial charge is 0.207 e. The van der Waals surface area contributed by atoms with Crippen molar-refractivity contribution in [1.82, 2.24) is 0 Å². The molecule has 1 fully saturated rings. The zero-order valence-corrected chi connectivity index (χ0v) is 16.5. The Morgan fingerprint density at radius 1 is 0.926 bits per heavy atom. The highest BCUT2D eigenvalue weighted by Gasteiger charge is 2.22. The van der Waals surface area contributed by atoms with Crippen LogP contribution in [0.3, 0.4) is 0 Å². The van der Waals surface area contributed by atoms with Gasteiger partial charge in [-0.25, -0.2) is 4.39 Å². The van der Waals surface area contributed by atoms with Crippen molar-refractivity contribution in [2.75, 3.05) is 0 Å². The lowest BCUT2D eigenvalue weighted by molar-refractivity contribution is 0.304. The third kappa shape index (κ3) is 4.34. The quantitative estimate of drug-likeness (QED) is 0.509. The van der Waals surface area contributed by atoms with Crippen LogP contribution >= 0.6 is 0 Å². The fraction of sp³-hybridized carbons (Fsp3) is 0.462. The van der Waals surface area contributed by atoms with Crippen molar-refractivity contribution in [2.45, 2.75) is 70.6 Å². The van der Waals surface area contributed by atoms with Gasteiger partial charge < -0.3 is 0 Å². The number of hydrogen-bond donors (Lipinski definition) is 0. The summed E-state index contributed by atoms with van der Waals surface area (Å²) in [5.74, 6) is 1.57. The van der Waals surface area contributed by atoms with Crippen LogP contribution in [0.2, 0.25) is 0 Å². The van der Waals surface area contributed by atoms with Gasteiger partial charge in [0.15, 0.2) is 0 Å². The molecular formula is C26H31F. The van der Waals surface area contributed by atoms with E-state index in [1.54, 1.807) is 12.1 Å². The first kappa shape index (κ1) is 18.5. The van der Waals surface area contributed by atoms with Gasteiger partial charge in [-0.1, -0.05) is 62.6 Å². The van der Waals surface area contributed by atoms with Crippen LogP contribution in [0.25, 0.3) is 11.6 Å². The first-order valence-corrected chi connectivity index (χ1v) is 10.8. The molecular weight excluding hydrogens is 331 g/mol. The molecule has 0 unspecified atom stereocenters. The van der Waals surface area contributed by atoms with E-state index < -0.39 is 0 Å². The molecule has 0 aromatic heterocycles. The summed E-state index contributed by atoms with van der Waals surface area (Å²) < 4.78 is 13.5. The third-order valence-electron chi connectivity index (χ3n) is 6.67. The second kappa shape index (κ2) is 8.42. The number of hydrogen-bond acceptors (Lipinski definition) is 0. The molecule has 0 atom stereocenters. The van der Waals surface area contributed by atoms with Crippen LogP contribution in [-0.4, -0.2) is 0 Å². The Balaban J connectivity index is 1.43. The molecule has 0 N–H and O–H groups in total. The minimum Gasteiger partial charge on any atom is -0.207 e. The molecule has 2 aliphatic rings. The Bertz CT molecular complexity index is 791. The van der Waals surface area contributed by atoms with E-state index in [-0.39, 0.29) is 5.82 Å². The number of rotatable bonds is 5. The van der Waals surface area contributed by atoms with E-state index in [2.05, 4.69) is 37.3 Å². The van der Waals surface area contributed by atoms with Gasteiger partial charge in [-0.05, 0) is 90.3 Å². The summed E-state index contributed by atoms with van der Waals surface area (Å²) in [4.78, 5) is 0. The fourth-order valence-corrected chi connectivity index (χ4v) is 4.93. The van der Waals surface area contributed by atoms with Crippen LogP contribution in [-0.2, 0) is 6.42 Å². The van der Waals surface area contributed by atoms with Crippen LogP contribution < -0.4 is 0 Å². The van der Waals surface area contributed by atoms with Gasteiger partial charge in [0, 0.05) is 0 Å². The van der Waals surface area contributed by atoms with E-state index in [1.807, 2.05) is 6.07 Å². The van der Waals surface area contributed by atoms with Crippen LogP contribution in [0.4, 0.5) is 4.39 Å². The van der Waals surface area contributed by atoms with Gasteiger partial charge in [0.05, 0.1) is 0 Å². The van der Waals surface area contributed by atoms with Crippen LogP contribution in [0.15, 0.2) is 42.5 Å². The zero-order valence-electron chi connectivity index (χ0n) is 16.5. The predicted octanol–water partition coefficient (Wildman–Crippen LogP) is 7.78. The van der Waals surface area contributed by atoms with Crippen LogP contribution in [0.1, 0.15) is 86.5 Å². The maximum absolute atomic E-state index is 13.5. The zero-order chi connectivity index (χ0) is 18.6. The maximum atomic E-state index is 13.5. The van der Waals surface area contributed by atoms with Gasteiger partial charge in [0.25, 0.3) is 0 Å². The van der Waals surface area contributed by atoms with Crippen LogP contribution in [0.5, 0.6) is 0 Å². The predicted molar refractivity (Wildman–Crippen MR) is 113 cm³/mol. The van der Waals surface area contributed by atoms with Gasteiger partial charge in [-0.15, -0.1) is 0 Å². The van der Waals surface area contributed by atoms with Gasteiger partial charge in [-0.3, -0.25) is 0 Å². The fourth-order valence-electron chi connectivity index (χ4n) is 4.93. The molecule has 0 nitrogen and oxygen atoms in total. The van der Waals surface area contributed by atoms with Crippen molar-refractivity contribution in [3.8, 4) is 0 Å². The SMILES string of the molecule is CCCCC1CCC(c2ccc(C3=Cc4cc(F)ccc4CC3)cc2)CC1. The Morgan fingerprint density at radius 2 is 1.70 bits per heavy atom. The lowest BCUT2D eigenvalue weighted by Gasteiger charge is -2.29. The van der Waals surface area contributed by atoms with Crippen molar-refractivity contribution in [2.24, 2.45) is 5.92 Å². The van der Waals surface area contributed by atoms with Crippen molar-refractivity contribution >= 4 is 11.6 Å². The average molecular weight is 363 g/mol. The van der Waals surface area contributed by atoms with E-state index in [4.69, 9.17) is 0 Å². The average Bonchev–Trinajstić information content (AvgIpc) is 2.72. The first-order valence-electron chi connectivity index (χ1n) is 10.8. The molecule has 1 heteroatoms. The lowest BCUT2D eigenvalue weighted by atomic mass is 9.77. The van der Waals surface area contributed by atoms with E-state index in [0.717, 1.165) is 30.2 Å². The van der Waals surface area contributed by atoms with Gasteiger partial charge >= 0.3 is 0 Å². The number of allylic oxidation sites excluding steroid dienone is 1. The molecule has 2 aliphatic carbocycles. The van der Waals surface area contributed by atoms with Crippen molar-refractivity contribution < 1.29 is 4.39 Å². The summed E-state index contributed by atoms with van der Waals surface area (Å²) >= 11 is 0. The molecule has 0 aliphatic heterocycles. The highest BCUT2D eigenvalue weighted by molar-refractivity contribution is 5.84. The topological polar surface area (TPSA) is 0 Å². The highest BCUT2D eigenvalue weighted by Crippen LogP contribution is 2.38.